The summed E-state index contributed by atoms with van der Waals surface area (Å²) in [6.07, 6.45) is 16.6. The molecule has 1 aliphatic carbocycles. The van der Waals surface area contributed by atoms with Crippen LogP contribution in [0.4, 0.5) is 17.6 Å². The second-order valence-electron chi connectivity index (χ2n) is 9.14. The molecule has 1 saturated carbocycles. The van der Waals surface area contributed by atoms with Gasteiger partial charge in [-0.05, 0) is 57.2 Å². The Hall–Kier alpha value is -1.63. The molecule has 0 aromatic carbocycles. The van der Waals surface area contributed by atoms with E-state index in [4.69, 9.17) is 22.2 Å². The molecule has 0 atom stereocenters. The molecule has 0 unspecified atom stereocenters. The van der Waals surface area contributed by atoms with E-state index < -0.39 is 0 Å². The van der Waals surface area contributed by atoms with Crippen molar-refractivity contribution in [3.8, 4) is 0 Å². The van der Waals surface area contributed by atoms with Gasteiger partial charge in [-0.1, -0.05) is 38.5 Å². The van der Waals surface area contributed by atoms with Crippen molar-refractivity contribution < 1.29 is 0 Å². The molecule has 2 saturated heterocycles. The second-order valence-corrected chi connectivity index (χ2v) is 9.55. The number of nitrogens with zero attached hydrogens (tertiary/aromatic N) is 4. The lowest BCUT2D eigenvalue weighted by Gasteiger charge is -2.30. The lowest BCUT2D eigenvalue weighted by Crippen LogP contribution is -2.38. The van der Waals surface area contributed by atoms with Gasteiger partial charge >= 0.3 is 0 Å². The zero-order valence-corrected chi connectivity index (χ0v) is 19.2. The maximum Gasteiger partial charge on any atom is 0.232 e. The molecular formula is C23H38N6S. The van der Waals surface area contributed by atoms with Gasteiger partial charge in [-0.25, -0.2) is 0 Å². The Labute approximate surface area is 187 Å². The molecule has 30 heavy (non-hydrogen) atoms. The van der Waals surface area contributed by atoms with E-state index in [0.717, 1.165) is 37.8 Å². The monoisotopic (exact) mass is 430 g/mol. The van der Waals surface area contributed by atoms with Crippen molar-refractivity contribution >= 4 is 34.9 Å². The van der Waals surface area contributed by atoms with Crippen LogP contribution < -0.4 is 20.4 Å². The van der Waals surface area contributed by atoms with Crippen LogP contribution in [0.3, 0.4) is 0 Å². The van der Waals surface area contributed by atoms with Crippen molar-refractivity contribution in [1.82, 2.24) is 15.3 Å². The van der Waals surface area contributed by atoms with E-state index in [1.54, 1.807) is 0 Å². The Kier molecular flexibility index (Phi) is 8.01. The lowest BCUT2D eigenvalue weighted by molar-refractivity contribution is 0.535. The predicted octanol–water partition coefficient (Wildman–Crippen LogP) is 4.86. The summed E-state index contributed by atoms with van der Waals surface area (Å²) in [7, 11) is 0. The average molecular weight is 431 g/mol. The summed E-state index contributed by atoms with van der Waals surface area (Å²) >= 11 is 5.65. The SMILES string of the molecule is S=C(Nc1nc(N2CCCCCC2)cc(N2CCCCC2)n1)NC1CCCCCC1. The summed E-state index contributed by atoms with van der Waals surface area (Å²) in [4.78, 5) is 14.6. The molecule has 0 bridgehead atoms. The van der Waals surface area contributed by atoms with Gasteiger partial charge in [-0.3, -0.25) is 0 Å². The summed E-state index contributed by atoms with van der Waals surface area (Å²) in [5.41, 5.74) is 0. The van der Waals surface area contributed by atoms with Gasteiger partial charge in [-0.2, -0.15) is 9.97 Å². The molecule has 3 aliphatic rings. The Morgan fingerprint density at radius 1 is 0.733 bits per heavy atom. The maximum atomic E-state index is 5.65. The van der Waals surface area contributed by atoms with Crippen LogP contribution >= 0.6 is 12.2 Å². The van der Waals surface area contributed by atoms with Crippen molar-refractivity contribution in [2.75, 3.05) is 41.3 Å². The molecule has 4 rings (SSSR count). The fraction of sp³-hybridized carbons (Fsp3) is 0.783. The summed E-state index contributed by atoms with van der Waals surface area (Å²) < 4.78 is 0. The predicted molar refractivity (Wildman–Crippen MR) is 130 cm³/mol. The van der Waals surface area contributed by atoms with Crippen molar-refractivity contribution in [1.29, 1.82) is 0 Å². The largest absolute Gasteiger partial charge is 0.360 e. The van der Waals surface area contributed by atoms with Crippen LogP contribution in [0, 0.1) is 0 Å². The molecule has 1 aromatic heterocycles. The standard InChI is InChI=1S/C23H38N6S/c30-23(24-19-12-6-1-2-7-13-19)27-22-25-20(28-14-8-3-4-9-15-28)18-21(26-22)29-16-10-5-11-17-29/h18-19H,1-17H2,(H2,24,25,26,27,30). The molecule has 2 N–H and O–H groups in total. The third kappa shape index (κ3) is 6.19. The molecule has 2 aliphatic heterocycles. The highest BCUT2D eigenvalue weighted by Crippen LogP contribution is 2.26. The highest BCUT2D eigenvalue weighted by Gasteiger charge is 2.19. The number of hydrogen-bond donors (Lipinski definition) is 2. The molecule has 1 aromatic rings. The Bertz CT molecular complexity index is 674. The number of nitrogens with one attached hydrogen (secondary N) is 2. The van der Waals surface area contributed by atoms with E-state index >= 15 is 0 Å². The first-order chi connectivity index (χ1) is 14.8. The van der Waals surface area contributed by atoms with Crippen LogP contribution in [-0.4, -0.2) is 47.3 Å². The molecule has 3 heterocycles. The second kappa shape index (κ2) is 11.1. The van der Waals surface area contributed by atoms with Crippen LogP contribution in [0.5, 0.6) is 0 Å². The van der Waals surface area contributed by atoms with Gasteiger partial charge in [-0.15, -0.1) is 0 Å². The van der Waals surface area contributed by atoms with Gasteiger partial charge in [0.05, 0.1) is 0 Å². The van der Waals surface area contributed by atoms with Crippen molar-refractivity contribution in [2.24, 2.45) is 0 Å². The van der Waals surface area contributed by atoms with Crippen LogP contribution in [0.2, 0.25) is 0 Å². The summed E-state index contributed by atoms with van der Waals surface area (Å²) in [6, 6.07) is 2.67. The minimum absolute atomic E-state index is 0.475. The van der Waals surface area contributed by atoms with Crippen molar-refractivity contribution in [3.05, 3.63) is 6.07 Å². The Morgan fingerprint density at radius 3 is 1.73 bits per heavy atom. The summed E-state index contributed by atoms with van der Waals surface area (Å²) in [5, 5.41) is 7.52. The van der Waals surface area contributed by atoms with E-state index in [2.05, 4.69) is 26.5 Å². The number of rotatable bonds is 4. The van der Waals surface area contributed by atoms with Crippen molar-refractivity contribution in [2.45, 2.75) is 89.5 Å². The van der Waals surface area contributed by atoms with E-state index in [1.807, 2.05) is 0 Å². The highest BCUT2D eigenvalue weighted by atomic mass is 32.1. The van der Waals surface area contributed by atoms with Gasteiger partial charge in [0.15, 0.2) is 5.11 Å². The minimum atomic E-state index is 0.475. The van der Waals surface area contributed by atoms with E-state index in [0.29, 0.717) is 17.1 Å². The van der Waals surface area contributed by atoms with Gasteiger partial charge in [0.1, 0.15) is 11.6 Å². The van der Waals surface area contributed by atoms with Crippen molar-refractivity contribution in [3.63, 3.8) is 0 Å². The Balaban J connectivity index is 1.49. The van der Waals surface area contributed by atoms with Crippen LogP contribution in [0.15, 0.2) is 6.07 Å². The number of thiocarbonyl (C=S) groups is 1. The molecule has 0 spiro atoms. The third-order valence-electron chi connectivity index (χ3n) is 6.72. The smallest absolute Gasteiger partial charge is 0.232 e. The third-order valence-corrected chi connectivity index (χ3v) is 6.94. The normalized spacial score (nSPS) is 21.6. The zero-order chi connectivity index (χ0) is 20.6. The van der Waals surface area contributed by atoms with Crippen LogP contribution in [0.25, 0.3) is 0 Å². The topological polar surface area (TPSA) is 56.3 Å². The molecule has 6 nitrogen and oxygen atoms in total. The highest BCUT2D eigenvalue weighted by molar-refractivity contribution is 7.80. The molecule has 7 heteroatoms. The molecule has 166 valence electrons. The number of piperidine rings is 1. The molecular weight excluding hydrogens is 392 g/mol. The van der Waals surface area contributed by atoms with E-state index in [9.17, 15) is 0 Å². The Morgan fingerprint density at radius 2 is 1.20 bits per heavy atom. The summed E-state index contributed by atoms with van der Waals surface area (Å²) in [6.45, 7) is 4.34. The number of aromatic nitrogens is 2. The molecule has 0 amide bonds. The fourth-order valence-corrected chi connectivity index (χ4v) is 5.23. The minimum Gasteiger partial charge on any atom is -0.360 e. The van der Waals surface area contributed by atoms with Crippen LogP contribution in [0.1, 0.15) is 83.5 Å². The quantitative estimate of drug-likeness (QED) is 0.523. The van der Waals surface area contributed by atoms with E-state index in [-0.39, 0.29) is 0 Å². The van der Waals surface area contributed by atoms with Gasteiger partial charge in [0.2, 0.25) is 5.95 Å². The van der Waals surface area contributed by atoms with Gasteiger partial charge < -0.3 is 20.4 Å². The average Bonchev–Trinajstić information content (AvgIpc) is 3.19. The number of anilines is 3. The van der Waals surface area contributed by atoms with Crippen LogP contribution in [-0.2, 0) is 0 Å². The lowest BCUT2D eigenvalue weighted by atomic mass is 10.1. The molecule has 0 radical (unpaired) electrons. The summed E-state index contributed by atoms with van der Waals surface area (Å²) in [5.74, 6) is 2.74. The molecule has 3 fully saturated rings. The van der Waals surface area contributed by atoms with Gasteiger partial charge in [0, 0.05) is 38.3 Å². The van der Waals surface area contributed by atoms with Gasteiger partial charge in [0.25, 0.3) is 0 Å². The maximum absolute atomic E-state index is 5.65. The number of hydrogen-bond acceptors (Lipinski definition) is 5. The first kappa shape index (κ1) is 21.6. The zero-order valence-electron chi connectivity index (χ0n) is 18.4. The first-order valence-electron chi connectivity index (χ1n) is 12.2. The van der Waals surface area contributed by atoms with E-state index in [1.165, 1.54) is 83.5 Å². The fourth-order valence-electron chi connectivity index (χ4n) is 4.97. The first-order valence-corrected chi connectivity index (χ1v) is 12.7.